The van der Waals surface area contributed by atoms with E-state index in [1.54, 1.807) is 14.2 Å². The van der Waals surface area contributed by atoms with Crippen molar-refractivity contribution in [2.75, 3.05) is 27.4 Å². The molecule has 1 aliphatic rings. The van der Waals surface area contributed by atoms with Crippen molar-refractivity contribution in [3.05, 3.63) is 28.0 Å². The first-order chi connectivity index (χ1) is 8.20. The summed E-state index contributed by atoms with van der Waals surface area (Å²) in [6.07, 6.45) is 0.833. The molecule has 1 aromatic heterocycles. The summed E-state index contributed by atoms with van der Waals surface area (Å²) in [7, 11) is 3.38. The lowest BCUT2D eigenvalue weighted by Gasteiger charge is -2.25. The van der Waals surface area contributed by atoms with Gasteiger partial charge in [0.1, 0.15) is 10.2 Å². The van der Waals surface area contributed by atoms with Gasteiger partial charge in [0.2, 0.25) is 0 Å². The lowest BCUT2D eigenvalue weighted by atomic mass is 9.97. The Kier molecular flexibility index (Phi) is 4.14. The van der Waals surface area contributed by atoms with E-state index in [4.69, 9.17) is 14.2 Å². The van der Waals surface area contributed by atoms with Crippen LogP contribution in [0.1, 0.15) is 17.7 Å². The van der Waals surface area contributed by atoms with Gasteiger partial charge in [0.05, 0.1) is 18.9 Å². The van der Waals surface area contributed by atoms with Gasteiger partial charge in [-0.3, -0.25) is 0 Å². The highest BCUT2D eigenvalue weighted by Gasteiger charge is 2.38. The van der Waals surface area contributed by atoms with Gasteiger partial charge >= 0.3 is 0 Å². The summed E-state index contributed by atoms with van der Waals surface area (Å²) < 4.78 is 17.0. The van der Waals surface area contributed by atoms with Gasteiger partial charge < -0.3 is 14.2 Å². The Bertz CT molecular complexity index is 391. The molecule has 1 aromatic rings. The second-order valence-electron chi connectivity index (χ2n) is 4.12. The zero-order valence-electron chi connectivity index (χ0n) is 10.0. The van der Waals surface area contributed by atoms with Gasteiger partial charge in [-0.15, -0.1) is 0 Å². The molecule has 0 aromatic carbocycles. The number of aromatic nitrogens is 1. The van der Waals surface area contributed by atoms with E-state index in [-0.39, 0.29) is 0 Å². The summed E-state index contributed by atoms with van der Waals surface area (Å²) in [6, 6.07) is 3.97. The molecule has 0 N–H and O–H groups in total. The fourth-order valence-corrected chi connectivity index (χ4v) is 2.53. The molecule has 94 valence electrons. The molecule has 0 spiro atoms. The lowest BCUT2D eigenvalue weighted by molar-refractivity contribution is -0.0248. The maximum atomic E-state index is 5.62. The number of hydrogen-bond donors (Lipinski definition) is 0. The molecule has 5 heteroatoms. The van der Waals surface area contributed by atoms with E-state index in [1.807, 2.05) is 12.1 Å². The van der Waals surface area contributed by atoms with Crippen molar-refractivity contribution in [2.24, 2.45) is 0 Å². The molecule has 2 rings (SSSR count). The Hall–Kier alpha value is -0.490. The monoisotopic (exact) mass is 301 g/mol. The number of halogens is 1. The van der Waals surface area contributed by atoms with Gasteiger partial charge in [0.15, 0.2) is 0 Å². The molecule has 1 fully saturated rings. The summed E-state index contributed by atoms with van der Waals surface area (Å²) in [6.45, 7) is 1.83. The Morgan fingerprint density at radius 1 is 1.47 bits per heavy atom. The van der Waals surface area contributed by atoms with Crippen molar-refractivity contribution in [1.82, 2.24) is 4.98 Å². The maximum absolute atomic E-state index is 5.62. The first kappa shape index (κ1) is 13.0. The van der Waals surface area contributed by atoms with Crippen LogP contribution in [0.25, 0.3) is 0 Å². The number of hydrogen-bond acceptors (Lipinski definition) is 4. The SMILES string of the molecule is COCc1cc(Br)nc([C@@]2(OC)CCOC2)c1. The number of ether oxygens (including phenoxy) is 3. The van der Waals surface area contributed by atoms with E-state index in [1.165, 1.54) is 0 Å². The van der Waals surface area contributed by atoms with Crippen LogP contribution in [-0.4, -0.2) is 32.4 Å². The van der Waals surface area contributed by atoms with Crippen molar-refractivity contribution in [2.45, 2.75) is 18.6 Å². The van der Waals surface area contributed by atoms with E-state index in [0.717, 1.165) is 22.3 Å². The van der Waals surface area contributed by atoms with Crippen LogP contribution in [0.3, 0.4) is 0 Å². The molecular weight excluding hydrogens is 286 g/mol. The standard InChI is InChI=1S/C12H16BrNO3/c1-15-7-9-5-10(14-11(13)6-9)12(16-2)3-4-17-8-12/h5-6H,3-4,7-8H2,1-2H3/t12-/m1/s1. The van der Waals surface area contributed by atoms with Gasteiger partial charge in [-0.2, -0.15) is 0 Å². The number of nitrogens with zero attached hydrogens (tertiary/aromatic N) is 1. The van der Waals surface area contributed by atoms with Gasteiger partial charge in [0, 0.05) is 27.2 Å². The highest BCUT2D eigenvalue weighted by Crippen LogP contribution is 2.34. The highest BCUT2D eigenvalue weighted by atomic mass is 79.9. The topological polar surface area (TPSA) is 40.6 Å². The molecule has 0 amide bonds. The van der Waals surface area contributed by atoms with E-state index >= 15 is 0 Å². The van der Waals surface area contributed by atoms with Crippen molar-refractivity contribution in [3.8, 4) is 0 Å². The summed E-state index contributed by atoms with van der Waals surface area (Å²) in [5.74, 6) is 0. The highest BCUT2D eigenvalue weighted by molar-refractivity contribution is 9.10. The summed E-state index contributed by atoms with van der Waals surface area (Å²) >= 11 is 3.42. The largest absolute Gasteiger partial charge is 0.380 e. The number of pyridine rings is 1. The predicted molar refractivity (Wildman–Crippen MR) is 66.8 cm³/mol. The van der Waals surface area contributed by atoms with Crippen molar-refractivity contribution in [3.63, 3.8) is 0 Å². The molecule has 1 saturated heterocycles. The minimum absolute atomic E-state index is 0.410. The molecule has 1 atom stereocenters. The summed E-state index contributed by atoms with van der Waals surface area (Å²) in [4.78, 5) is 4.50. The smallest absolute Gasteiger partial charge is 0.135 e. The predicted octanol–water partition coefficient (Wildman–Crippen LogP) is 2.25. The molecule has 4 nitrogen and oxygen atoms in total. The van der Waals surface area contributed by atoms with Crippen LogP contribution < -0.4 is 0 Å². The van der Waals surface area contributed by atoms with E-state index in [0.29, 0.717) is 19.8 Å². The van der Waals surface area contributed by atoms with Gasteiger partial charge in [-0.1, -0.05) is 0 Å². The fraction of sp³-hybridized carbons (Fsp3) is 0.583. The molecule has 17 heavy (non-hydrogen) atoms. The van der Waals surface area contributed by atoms with Gasteiger partial charge in [-0.25, -0.2) is 4.98 Å². The lowest BCUT2D eigenvalue weighted by Crippen LogP contribution is -2.30. The van der Waals surface area contributed by atoms with Gasteiger partial charge in [0.25, 0.3) is 0 Å². The zero-order chi connectivity index (χ0) is 12.3. The third kappa shape index (κ3) is 2.68. The summed E-state index contributed by atoms with van der Waals surface area (Å²) in [5, 5.41) is 0. The molecule has 2 heterocycles. The van der Waals surface area contributed by atoms with E-state index in [9.17, 15) is 0 Å². The molecule has 1 aliphatic heterocycles. The van der Waals surface area contributed by atoms with Crippen molar-refractivity contribution < 1.29 is 14.2 Å². The average molecular weight is 302 g/mol. The fourth-order valence-electron chi connectivity index (χ4n) is 2.05. The quantitative estimate of drug-likeness (QED) is 0.800. The number of rotatable bonds is 4. The van der Waals surface area contributed by atoms with Crippen molar-refractivity contribution in [1.29, 1.82) is 0 Å². The van der Waals surface area contributed by atoms with Gasteiger partial charge in [-0.05, 0) is 33.6 Å². The normalized spacial score (nSPS) is 24.2. The first-order valence-electron chi connectivity index (χ1n) is 5.49. The van der Waals surface area contributed by atoms with E-state index < -0.39 is 5.60 Å². The second-order valence-corrected chi connectivity index (χ2v) is 4.93. The van der Waals surface area contributed by atoms with Crippen LogP contribution in [0, 0.1) is 0 Å². The Labute approximate surface area is 109 Å². The third-order valence-electron chi connectivity index (χ3n) is 3.01. The zero-order valence-corrected chi connectivity index (χ0v) is 11.6. The minimum Gasteiger partial charge on any atom is -0.380 e. The number of methoxy groups -OCH3 is 2. The van der Waals surface area contributed by atoms with Crippen LogP contribution in [0.15, 0.2) is 16.7 Å². The minimum atomic E-state index is -0.410. The Morgan fingerprint density at radius 3 is 2.88 bits per heavy atom. The Balaban J connectivity index is 2.36. The third-order valence-corrected chi connectivity index (χ3v) is 3.41. The first-order valence-corrected chi connectivity index (χ1v) is 6.28. The van der Waals surface area contributed by atoms with Crippen LogP contribution in [-0.2, 0) is 26.4 Å². The molecule has 0 unspecified atom stereocenters. The molecule has 0 radical (unpaired) electrons. The summed E-state index contributed by atoms with van der Waals surface area (Å²) in [5.41, 5.74) is 1.57. The van der Waals surface area contributed by atoms with Crippen LogP contribution >= 0.6 is 15.9 Å². The van der Waals surface area contributed by atoms with Crippen molar-refractivity contribution >= 4 is 15.9 Å². The molecular formula is C12H16BrNO3. The van der Waals surface area contributed by atoms with Crippen LogP contribution in [0.4, 0.5) is 0 Å². The van der Waals surface area contributed by atoms with E-state index in [2.05, 4.69) is 20.9 Å². The molecule has 0 bridgehead atoms. The maximum Gasteiger partial charge on any atom is 0.135 e. The van der Waals surface area contributed by atoms with Crippen LogP contribution in [0.2, 0.25) is 0 Å². The molecule has 0 aliphatic carbocycles. The second kappa shape index (κ2) is 5.44. The average Bonchev–Trinajstić information content (AvgIpc) is 2.78. The van der Waals surface area contributed by atoms with Crippen LogP contribution in [0.5, 0.6) is 0 Å². The molecule has 0 saturated carbocycles. The Morgan fingerprint density at radius 2 is 2.29 bits per heavy atom.